The fourth-order valence-corrected chi connectivity index (χ4v) is 4.66. The summed E-state index contributed by atoms with van der Waals surface area (Å²) in [5, 5.41) is 0.501. The number of ether oxygens (including phenoxy) is 3. The van der Waals surface area contributed by atoms with Crippen LogP contribution >= 0.6 is 0 Å². The molecule has 0 saturated carbocycles. The molecule has 1 aliphatic heterocycles. The minimum absolute atomic E-state index is 0.0878. The Kier molecular flexibility index (Phi) is 7.17. The second kappa shape index (κ2) is 10.1. The number of aryl methyl sites for hydroxylation is 2. The van der Waals surface area contributed by atoms with Crippen LogP contribution in [0.2, 0.25) is 0 Å². The molecule has 1 aliphatic rings. The molecule has 186 valence electrons. The number of carbonyl (C=O) groups excluding carboxylic acids is 1. The third-order valence-corrected chi connectivity index (χ3v) is 6.40. The first kappa shape index (κ1) is 24.8. The highest BCUT2D eigenvalue weighted by Crippen LogP contribution is 2.41. The lowest BCUT2D eigenvalue weighted by atomic mass is 9.96. The second-order valence-corrected chi connectivity index (χ2v) is 9.46. The third-order valence-electron chi connectivity index (χ3n) is 6.40. The van der Waals surface area contributed by atoms with E-state index in [0.29, 0.717) is 53.7 Å². The van der Waals surface area contributed by atoms with E-state index in [4.69, 9.17) is 18.6 Å². The molecule has 3 aromatic rings. The fourth-order valence-electron chi connectivity index (χ4n) is 4.66. The maximum absolute atomic E-state index is 13.8. The molecule has 1 aromatic heterocycles. The Morgan fingerprint density at radius 3 is 2.49 bits per heavy atom. The normalized spacial score (nSPS) is 15.2. The van der Waals surface area contributed by atoms with Crippen molar-refractivity contribution in [3.8, 4) is 11.5 Å². The van der Waals surface area contributed by atoms with Crippen LogP contribution in [0.25, 0.3) is 11.0 Å². The molecule has 0 aliphatic carbocycles. The lowest BCUT2D eigenvalue weighted by Crippen LogP contribution is -2.32. The van der Waals surface area contributed by atoms with Crippen molar-refractivity contribution in [1.29, 1.82) is 0 Å². The van der Waals surface area contributed by atoms with Crippen molar-refractivity contribution in [2.75, 3.05) is 34.0 Å². The van der Waals surface area contributed by atoms with Gasteiger partial charge in [0.15, 0.2) is 16.9 Å². The lowest BCUT2D eigenvalue weighted by molar-refractivity contribution is 0.0663. The van der Waals surface area contributed by atoms with Crippen molar-refractivity contribution in [2.24, 2.45) is 5.92 Å². The van der Waals surface area contributed by atoms with Crippen LogP contribution in [0.1, 0.15) is 59.1 Å². The SMILES string of the molecule is COCCN1C(=O)c2oc3cc(C)cc(C)c3c(=O)c2C1c1ccc(OCCC(C)C)c(OC)c1. The van der Waals surface area contributed by atoms with Crippen LogP contribution in [0.5, 0.6) is 11.5 Å². The van der Waals surface area contributed by atoms with Gasteiger partial charge in [-0.05, 0) is 61.1 Å². The summed E-state index contributed by atoms with van der Waals surface area (Å²) in [6.07, 6.45) is 0.924. The predicted octanol–water partition coefficient (Wildman–Crippen LogP) is 5.03. The fraction of sp³-hybridized carbons (Fsp3) is 0.429. The zero-order valence-corrected chi connectivity index (χ0v) is 21.3. The van der Waals surface area contributed by atoms with Gasteiger partial charge in [-0.2, -0.15) is 0 Å². The van der Waals surface area contributed by atoms with Crippen LogP contribution in [0.3, 0.4) is 0 Å². The van der Waals surface area contributed by atoms with Crippen LogP contribution in [-0.2, 0) is 4.74 Å². The van der Waals surface area contributed by atoms with Gasteiger partial charge in [0.1, 0.15) is 5.58 Å². The highest BCUT2D eigenvalue weighted by Gasteiger charge is 2.43. The van der Waals surface area contributed by atoms with Gasteiger partial charge in [-0.15, -0.1) is 0 Å². The quantitative estimate of drug-likeness (QED) is 0.428. The van der Waals surface area contributed by atoms with Gasteiger partial charge in [-0.3, -0.25) is 9.59 Å². The van der Waals surface area contributed by atoms with E-state index in [1.165, 1.54) is 0 Å². The average molecular weight is 480 g/mol. The zero-order chi connectivity index (χ0) is 25.3. The summed E-state index contributed by atoms with van der Waals surface area (Å²) in [7, 11) is 3.16. The van der Waals surface area contributed by atoms with Crippen molar-refractivity contribution in [1.82, 2.24) is 4.90 Å². The molecule has 0 bridgehead atoms. The maximum atomic E-state index is 13.8. The summed E-state index contributed by atoms with van der Waals surface area (Å²) >= 11 is 0. The van der Waals surface area contributed by atoms with E-state index < -0.39 is 6.04 Å². The first-order valence-electron chi connectivity index (χ1n) is 11.9. The van der Waals surface area contributed by atoms with Gasteiger partial charge in [-0.1, -0.05) is 26.0 Å². The molecule has 0 saturated heterocycles. The molecular weight excluding hydrogens is 446 g/mol. The summed E-state index contributed by atoms with van der Waals surface area (Å²) in [6, 6.07) is 8.69. The number of hydrogen-bond acceptors (Lipinski definition) is 6. The molecule has 35 heavy (non-hydrogen) atoms. The Morgan fingerprint density at radius 1 is 1.03 bits per heavy atom. The van der Waals surface area contributed by atoms with E-state index in [9.17, 15) is 9.59 Å². The summed E-state index contributed by atoms with van der Waals surface area (Å²) in [6.45, 7) is 9.33. The van der Waals surface area contributed by atoms with Gasteiger partial charge < -0.3 is 23.5 Å². The highest BCUT2D eigenvalue weighted by molar-refractivity contribution is 5.99. The molecule has 7 heteroatoms. The van der Waals surface area contributed by atoms with Crippen LogP contribution in [-0.4, -0.2) is 44.8 Å². The molecule has 2 aromatic carbocycles. The second-order valence-electron chi connectivity index (χ2n) is 9.46. The van der Waals surface area contributed by atoms with Gasteiger partial charge >= 0.3 is 0 Å². The lowest BCUT2D eigenvalue weighted by Gasteiger charge is -2.25. The molecule has 0 spiro atoms. The largest absolute Gasteiger partial charge is 0.493 e. The number of hydrogen-bond donors (Lipinski definition) is 0. The number of amides is 1. The zero-order valence-electron chi connectivity index (χ0n) is 21.3. The summed E-state index contributed by atoms with van der Waals surface area (Å²) in [5.41, 5.74) is 3.13. The molecule has 0 N–H and O–H groups in total. The number of benzene rings is 2. The summed E-state index contributed by atoms with van der Waals surface area (Å²) < 4.78 is 22.9. The van der Waals surface area contributed by atoms with Gasteiger partial charge in [0, 0.05) is 13.7 Å². The molecule has 4 rings (SSSR count). The number of carbonyl (C=O) groups is 1. The van der Waals surface area contributed by atoms with Crippen LogP contribution in [0, 0.1) is 19.8 Å². The van der Waals surface area contributed by atoms with Gasteiger partial charge in [-0.25, -0.2) is 0 Å². The van der Waals surface area contributed by atoms with Crippen LogP contribution in [0.15, 0.2) is 39.5 Å². The predicted molar refractivity (Wildman–Crippen MR) is 135 cm³/mol. The number of fused-ring (bicyclic) bond motifs is 2. The van der Waals surface area contributed by atoms with Crippen molar-refractivity contribution >= 4 is 16.9 Å². The molecule has 1 unspecified atom stereocenters. The topological polar surface area (TPSA) is 78.2 Å². The third kappa shape index (κ3) is 4.65. The molecule has 1 atom stereocenters. The van der Waals surface area contributed by atoms with Crippen molar-refractivity contribution in [3.63, 3.8) is 0 Å². The number of methoxy groups -OCH3 is 2. The first-order chi connectivity index (χ1) is 16.8. The Hall–Kier alpha value is -3.32. The van der Waals surface area contributed by atoms with E-state index in [1.807, 2.05) is 38.1 Å². The Balaban J connectivity index is 1.85. The monoisotopic (exact) mass is 479 g/mol. The van der Waals surface area contributed by atoms with Crippen LogP contribution in [0.4, 0.5) is 0 Å². The van der Waals surface area contributed by atoms with Crippen LogP contribution < -0.4 is 14.9 Å². The number of rotatable bonds is 9. The molecule has 0 radical (unpaired) electrons. The minimum Gasteiger partial charge on any atom is -0.493 e. The van der Waals surface area contributed by atoms with E-state index in [-0.39, 0.29) is 17.1 Å². The van der Waals surface area contributed by atoms with E-state index in [1.54, 1.807) is 25.2 Å². The molecule has 2 heterocycles. The van der Waals surface area contributed by atoms with Gasteiger partial charge in [0.25, 0.3) is 5.91 Å². The van der Waals surface area contributed by atoms with Crippen molar-refractivity contribution < 1.29 is 23.4 Å². The van der Waals surface area contributed by atoms with E-state index in [2.05, 4.69) is 13.8 Å². The molecular formula is C28H33NO6. The Bertz CT molecular complexity index is 1310. The highest BCUT2D eigenvalue weighted by atomic mass is 16.5. The van der Waals surface area contributed by atoms with Gasteiger partial charge in [0.05, 0.1) is 37.3 Å². The molecule has 7 nitrogen and oxygen atoms in total. The maximum Gasteiger partial charge on any atom is 0.290 e. The minimum atomic E-state index is -0.618. The average Bonchev–Trinajstić information content (AvgIpc) is 3.09. The Morgan fingerprint density at radius 2 is 1.80 bits per heavy atom. The molecule has 1 amide bonds. The standard InChI is InChI=1S/C28H33NO6/c1-16(2)9-11-34-20-8-7-19(15-21(20)33-6)25-24-26(30)23-18(4)13-17(3)14-22(23)35-27(24)28(31)29(25)10-12-32-5/h7-8,13-16,25H,9-12H2,1-6H3. The van der Waals surface area contributed by atoms with Crippen molar-refractivity contribution in [2.45, 2.75) is 40.2 Å². The molecule has 0 fully saturated rings. The van der Waals surface area contributed by atoms with E-state index >= 15 is 0 Å². The van der Waals surface area contributed by atoms with E-state index in [0.717, 1.165) is 23.1 Å². The summed E-state index contributed by atoms with van der Waals surface area (Å²) in [5.74, 6) is 1.47. The van der Waals surface area contributed by atoms with Gasteiger partial charge in [0.2, 0.25) is 5.76 Å². The number of nitrogens with zero attached hydrogens (tertiary/aromatic N) is 1. The Labute approximate surface area is 205 Å². The smallest absolute Gasteiger partial charge is 0.290 e. The van der Waals surface area contributed by atoms with Crippen molar-refractivity contribution in [3.05, 3.63) is 68.6 Å². The summed E-state index contributed by atoms with van der Waals surface area (Å²) in [4.78, 5) is 28.9. The first-order valence-corrected chi connectivity index (χ1v) is 11.9.